The lowest BCUT2D eigenvalue weighted by Gasteiger charge is -2.09. The molecule has 1 heterocycles. The Morgan fingerprint density at radius 3 is 2.60 bits per heavy atom. The van der Waals surface area contributed by atoms with Crippen LogP contribution in [0.2, 0.25) is 0 Å². The van der Waals surface area contributed by atoms with Crippen molar-refractivity contribution in [1.29, 1.82) is 0 Å². The first-order chi connectivity index (χ1) is 4.63. The van der Waals surface area contributed by atoms with Gasteiger partial charge in [-0.2, -0.15) is 0 Å². The van der Waals surface area contributed by atoms with Gasteiger partial charge in [-0.05, 0) is 0 Å². The Bertz CT molecular complexity index is 151. The predicted molar refractivity (Wildman–Crippen MR) is 33.5 cm³/mol. The van der Waals surface area contributed by atoms with Crippen LogP contribution in [0.1, 0.15) is 6.92 Å². The van der Waals surface area contributed by atoms with Crippen LogP contribution in [-0.2, 0) is 4.79 Å². The van der Waals surface area contributed by atoms with Crippen molar-refractivity contribution in [1.82, 2.24) is 5.32 Å². The fourth-order valence-electron chi connectivity index (χ4n) is 1.13. The average Bonchev–Trinajstić information content (AvgIpc) is 2.14. The molecular formula is C6H10FNO2. The second-order valence-corrected chi connectivity index (χ2v) is 2.60. The number of carboxylic acids is 1. The first-order valence-electron chi connectivity index (χ1n) is 3.23. The maximum absolute atomic E-state index is 12.6. The molecule has 0 aromatic rings. The maximum Gasteiger partial charge on any atom is 0.321 e. The minimum atomic E-state index is -1.01. The van der Waals surface area contributed by atoms with Gasteiger partial charge >= 0.3 is 5.97 Å². The second kappa shape index (κ2) is 2.54. The van der Waals surface area contributed by atoms with E-state index in [2.05, 4.69) is 5.32 Å². The number of hydrogen-bond acceptors (Lipinski definition) is 2. The fourth-order valence-corrected chi connectivity index (χ4v) is 1.13. The third kappa shape index (κ3) is 1.11. The number of halogens is 1. The van der Waals surface area contributed by atoms with Crippen molar-refractivity contribution in [2.24, 2.45) is 5.92 Å². The molecule has 1 aliphatic heterocycles. The molecule has 3 unspecified atom stereocenters. The normalized spacial score (nSPS) is 40.0. The summed E-state index contributed by atoms with van der Waals surface area (Å²) in [5, 5.41) is 11.1. The molecule has 10 heavy (non-hydrogen) atoms. The van der Waals surface area contributed by atoms with Crippen molar-refractivity contribution in [3.8, 4) is 0 Å². The first kappa shape index (κ1) is 7.47. The van der Waals surface area contributed by atoms with Gasteiger partial charge in [-0.15, -0.1) is 0 Å². The molecule has 2 N–H and O–H groups in total. The van der Waals surface area contributed by atoms with Gasteiger partial charge in [0.25, 0.3) is 0 Å². The van der Waals surface area contributed by atoms with Gasteiger partial charge in [-0.3, -0.25) is 4.79 Å². The first-order valence-corrected chi connectivity index (χ1v) is 3.23. The molecule has 1 rings (SSSR count). The Morgan fingerprint density at radius 1 is 1.80 bits per heavy atom. The molecule has 4 heteroatoms. The van der Waals surface area contributed by atoms with Crippen LogP contribution in [0.25, 0.3) is 0 Å². The zero-order valence-corrected chi connectivity index (χ0v) is 5.67. The zero-order chi connectivity index (χ0) is 7.72. The average molecular weight is 147 g/mol. The van der Waals surface area contributed by atoms with E-state index in [1.807, 2.05) is 0 Å². The van der Waals surface area contributed by atoms with Crippen LogP contribution in [0.3, 0.4) is 0 Å². The van der Waals surface area contributed by atoms with Crippen LogP contribution in [0.15, 0.2) is 0 Å². The Labute approximate surface area is 58.2 Å². The van der Waals surface area contributed by atoms with Crippen molar-refractivity contribution in [3.05, 3.63) is 0 Å². The lowest BCUT2D eigenvalue weighted by molar-refractivity contribution is -0.140. The van der Waals surface area contributed by atoms with Crippen LogP contribution in [0, 0.1) is 5.92 Å². The number of hydrogen-bond donors (Lipinski definition) is 2. The molecule has 58 valence electrons. The molecule has 0 bridgehead atoms. The molecule has 0 aromatic heterocycles. The van der Waals surface area contributed by atoms with Crippen molar-refractivity contribution < 1.29 is 14.3 Å². The fraction of sp³-hybridized carbons (Fsp3) is 0.833. The minimum absolute atomic E-state index is 0.165. The summed E-state index contributed by atoms with van der Waals surface area (Å²) in [5.41, 5.74) is 0. The van der Waals surface area contributed by atoms with E-state index in [1.165, 1.54) is 0 Å². The molecule has 0 aliphatic carbocycles. The molecule has 0 amide bonds. The van der Waals surface area contributed by atoms with Gasteiger partial charge in [0.05, 0.1) is 0 Å². The molecule has 0 aromatic carbocycles. The van der Waals surface area contributed by atoms with Crippen LogP contribution in [-0.4, -0.2) is 29.8 Å². The Kier molecular flexibility index (Phi) is 1.89. The largest absolute Gasteiger partial charge is 0.480 e. The lowest BCUT2D eigenvalue weighted by Crippen LogP contribution is -2.34. The molecule has 0 spiro atoms. The highest BCUT2D eigenvalue weighted by atomic mass is 19.1. The van der Waals surface area contributed by atoms with E-state index in [0.29, 0.717) is 0 Å². The van der Waals surface area contributed by atoms with Gasteiger partial charge in [0.2, 0.25) is 0 Å². The zero-order valence-electron chi connectivity index (χ0n) is 5.67. The highest BCUT2D eigenvalue weighted by molar-refractivity contribution is 5.74. The Balaban J connectivity index is 2.57. The Hall–Kier alpha value is -0.640. The van der Waals surface area contributed by atoms with Crippen molar-refractivity contribution in [2.75, 3.05) is 6.54 Å². The summed E-state index contributed by atoms with van der Waals surface area (Å²) < 4.78 is 12.6. The van der Waals surface area contributed by atoms with Gasteiger partial charge in [0, 0.05) is 12.5 Å². The number of carbonyl (C=O) groups is 1. The number of rotatable bonds is 1. The standard InChI is InChI=1S/C6H10FNO2/c1-3-4(7)2-8-5(3)6(9)10/h3-5,8H,2H2,1H3,(H,9,10). The molecule has 0 radical (unpaired) electrons. The second-order valence-electron chi connectivity index (χ2n) is 2.60. The minimum Gasteiger partial charge on any atom is -0.480 e. The van der Waals surface area contributed by atoms with E-state index in [1.54, 1.807) is 6.92 Å². The van der Waals surface area contributed by atoms with Crippen molar-refractivity contribution >= 4 is 5.97 Å². The summed E-state index contributed by atoms with van der Waals surface area (Å²) in [6.45, 7) is 1.77. The topological polar surface area (TPSA) is 49.3 Å². The number of aliphatic carboxylic acids is 1. The number of nitrogens with one attached hydrogen (secondary N) is 1. The molecule has 3 nitrogen and oxygen atoms in total. The third-order valence-electron chi connectivity index (χ3n) is 1.90. The van der Waals surface area contributed by atoms with Crippen LogP contribution in [0.4, 0.5) is 4.39 Å². The van der Waals surface area contributed by atoms with E-state index < -0.39 is 24.1 Å². The summed E-state index contributed by atoms with van der Waals surface area (Å²) in [4.78, 5) is 10.3. The van der Waals surface area contributed by atoms with E-state index in [4.69, 9.17) is 5.11 Å². The third-order valence-corrected chi connectivity index (χ3v) is 1.90. The monoisotopic (exact) mass is 147 g/mol. The SMILES string of the molecule is CC1C(F)CNC1C(=O)O. The molecule has 3 atom stereocenters. The van der Waals surface area contributed by atoms with E-state index in [0.717, 1.165) is 0 Å². The summed E-state index contributed by atoms with van der Waals surface area (Å²) in [5.74, 6) is -1.37. The van der Waals surface area contributed by atoms with Crippen molar-refractivity contribution in [2.45, 2.75) is 19.1 Å². The quantitative estimate of drug-likeness (QED) is 0.549. The highest BCUT2D eigenvalue weighted by Gasteiger charge is 2.36. The number of alkyl halides is 1. The smallest absolute Gasteiger partial charge is 0.321 e. The van der Waals surface area contributed by atoms with Crippen LogP contribution >= 0.6 is 0 Å². The van der Waals surface area contributed by atoms with Gasteiger partial charge in [-0.1, -0.05) is 6.92 Å². The van der Waals surface area contributed by atoms with E-state index >= 15 is 0 Å². The predicted octanol–water partition coefficient (Wildman–Crippen LogP) is 0.0170. The van der Waals surface area contributed by atoms with Crippen LogP contribution in [0.5, 0.6) is 0 Å². The number of carboxylic acid groups (broad SMARTS) is 1. The summed E-state index contributed by atoms with van der Waals surface area (Å²) in [6, 6.07) is -0.699. The van der Waals surface area contributed by atoms with Gasteiger partial charge in [0.15, 0.2) is 0 Å². The van der Waals surface area contributed by atoms with Gasteiger partial charge in [0.1, 0.15) is 12.2 Å². The molecule has 1 saturated heterocycles. The molecule has 1 fully saturated rings. The Morgan fingerprint density at radius 2 is 2.40 bits per heavy atom. The lowest BCUT2D eigenvalue weighted by atomic mass is 10.0. The van der Waals surface area contributed by atoms with Crippen molar-refractivity contribution in [3.63, 3.8) is 0 Å². The maximum atomic E-state index is 12.6. The molecule has 0 saturated carbocycles. The summed E-state index contributed by atoms with van der Waals surface area (Å²) >= 11 is 0. The highest BCUT2D eigenvalue weighted by Crippen LogP contribution is 2.18. The summed E-state index contributed by atoms with van der Waals surface area (Å²) in [6.07, 6.45) is -1.01. The summed E-state index contributed by atoms with van der Waals surface area (Å²) in [7, 11) is 0. The molecule has 1 aliphatic rings. The van der Waals surface area contributed by atoms with Crippen LogP contribution < -0.4 is 5.32 Å². The van der Waals surface area contributed by atoms with Gasteiger partial charge in [-0.25, -0.2) is 4.39 Å². The van der Waals surface area contributed by atoms with E-state index in [9.17, 15) is 9.18 Å². The van der Waals surface area contributed by atoms with Gasteiger partial charge < -0.3 is 10.4 Å². The molecular weight excluding hydrogens is 137 g/mol. The van der Waals surface area contributed by atoms with E-state index in [-0.39, 0.29) is 6.54 Å².